The lowest BCUT2D eigenvalue weighted by molar-refractivity contribution is -0.120. The largest absolute Gasteiger partial charge is 0.355 e. The number of benzene rings is 1. The molecule has 0 aliphatic heterocycles. The highest BCUT2D eigenvalue weighted by Crippen LogP contribution is 2.25. The van der Waals surface area contributed by atoms with Crippen molar-refractivity contribution in [1.29, 1.82) is 0 Å². The molecule has 6 nitrogen and oxygen atoms in total. The minimum atomic E-state index is -0.264. The zero-order chi connectivity index (χ0) is 19.2. The van der Waals surface area contributed by atoms with E-state index >= 15 is 0 Å². The predicted molar refractivity (Wildman–Crippen MR) is 108 cm³/mol. The van der Waals surface area contributed by atoms with Crippen LogP contribution in [0.1, 0.15) is 50.2 Å². The van der Waals surface area contributed by atoms with E-state index in [9.17, 15) is 4.79 Å². The lowest BCUT2D eigenvalue weighted by Gasteiger charge is -2.15. The van der Waals surface area contributed by atoms with Crippen molar-refractivity contribution in [1.82, 2.24) is 25.5 Å². The Morgan fingerprint density at radius 3 is 2.96 bits per heavy atom. The van der Waals surface area contributed by atoms with Crippen LogP contribution in [0, 0.1) is 13.8 Å². The van der Waals surface area contributed by atoms with Gasteiger partial charge in [-0.1, -0.05) is 35.5 Å². The van der Waals surface area contributed by atoms with Gasteiger partial charge in [0.05, 0.1) is 10.9 Å². The summed E-state index contributed by atoms with van der Waals surface area (Å²) < 4.78 is 1.71. The Morgan fingerprint density at radius 2 is 2.19 bits per heavy atom. The third kappa shape index (κ3) is 4.97. The Kier molecular flexibility index (Phi) is 6.66. The number of carbonyl (C=O) groups is 1. The third-order valence-electron chi connectivity index (χ3n) is 5.03. The highest BCUT2D eigenvalue weighted by atomic mass is 32.2. The maximum Gasteiger partial charge on any atom is 0.233 e. The third-order valence-corrected chi connectivity index (χ3v) is 6.06. The van der Waals surface area contributed by atoms with E-state index in [4.69, 9.17) is 0 Å². The predicted octanol–water partition coefficient (Wildman–Crippen LogP) is 3.77. The van der Waals surface area contributed by atoms with Crippen LogP contribution in [0.4, 0.5) is 0 Å². The zero-order valence-electron chi connectivity index (χ0n) is 16.2. The van der Waals surface area contributed by atoms with E-state index in [1.807, 2.05) is 19.1 Å². The number of nitrogens with one attached hydrogen (secondary N) is 1. The Labute approximate surface area is 164 Å². The van der Waals surface area contributed by atoms with Crippen LogP contribution in [0.5, 0.6) is 0 Å². The molecule has 1 aliphatic rings. The minimum absolute atomic E-state index is 0.0203. The van der Waals surface area contributed by atoms with Gasteiger partial charge in [0.1, 0.15) is 0 Å². The summed E-state index contributed by atoms with van der Waals surface area (Å²) in [6.07, 6.45) is 8.18. The van der Waals surface area contributed by atoms with E-state index in [-0.39, 0.29) is 11.2 Å². The van der Waals surface area contributed by atoms with Crippen LogP contribution >= 0.6 is 11.8 Å². The van der Waals surface area contributed by atoms with Crippen molar-refractivity contribution in [3.8, 4) is 5.69 Å². The fourth-order valence-corrected chi connectivity index (χ4v) is 4.03. The summed E-state index contributed by atoms with van der Waals surface area (Å²) in [5.74, 6) is 0.0203. The summed E-state index contributed by atoms with van der Waals surface area (Å²) in [6, 6.07) is 6.04. The molecule has 1 aliphatic carbocycles. The molecule has 0 saturated carbocycles. The molecule has 0 saturated heterocycles. The lowest BCUT2D eigenvalue weighted by Crippen LogP contribution is -2.32. The van der Waals surface area contributed by atoms with E-state index in [1.54, 1.807) is 4.68 Å². The first-order valence-electron chi connectivity index (χ1n) is 9.53. The maximum absolute atomic E-state index is 12.5. The standard InChI is InChI=1S/C20H27N5OS/c1-14-8-7-11-18(15(14)2)25-20(22-23-24-25)27-16(3)19(26)21-13-12-17-9-5-4-6-10-17/h7-9,11,16H,4-6,10,12-13H2,1-3H3,(H,21,26)/t16-/m1/s1. The monoisotopic (exact) mass is 385 g/mol. The number of thioether (sulfide) groups is 1. The fourth-order valence-electron chi connectivity index (χ4n) is 3.20. The van der Waals surface area contributed by atoms with Gasteiger partial charge in [-0.2, -0.15) is 4.68 Å². The van der Waals surface area contributed by atoms with Crippen molar-refractivity contribution in [2.75, 3.05) is 6.54 Å². The summed E-state index contributed by atoms with van der Waals surface area (Å²) in [5.41, 5.74) is 4.73. The van der Waals surface area contributed by atoms with Crippen LogP contribution in [0.3, 0.4) is 0 Å². The van der Waals surface area contributed by atoms with Crippen LogP contribution in [0.2, 0.25) is 0 Å². The maximum atomic E-state index is 12.5. The molecule has 144 valence electrons. The molecule has 27 heavy (non-hydrogen) atoms. The SMILES string of the molecule is Cc1cccc(-n2nnnc2S[C@H](C)C(=O)NCCC2=CCCCC2)c1C. The first-order chi connectivity index (χ1) is 13.1. The van der Waals surface area contributed by atoms with Gasteiger partial charge in [0.15, 0.2) is 0 Å². The van der Waals surface area contributed by atoms with Crippen molar-refractivity contribution in [3.63, 3.8) is 0 Å². The molecule has 1 N–H and O–H groups in total. The Morgan fingerprint density at radius 1 is 1.33 bits per heavy atom. The van der Waals surface area contributed by atoms with Crippen molar-refractivity contribution in [2.45, 2.75) is 63.3 Å². The highest BCUT2D eigenvalue weighted by Gasteiger charge is 2.20. The number of allylic oxidation sites excluding steroid dienone is 1. The number of rotatable bonds is 7. The Bertz CT molecular complexity index is 830. The zero-order valence-corrected chi connectivity index (χ0v) is 17.1. The number of nitrogens with zero attached hydrogens (tertiary/aromatic N) is 4. The summed E-state index contributed by atoms with van der Waals surface area (Å²) in [7, 11) is 0. The highest BCUT2D eigenvalue weighted by molar-refractivity contribution is 8.00. The minimum Gasteiger partial charge on any atom is -0.355 e. The first-order valence-corrected chi connectivity index (χ1v) is 10.4. The molecule has 0 bridgehead atoms. The topological polar surface area (TPSA) is 72.7 Å². The lowest BCUT2D eigenvalue weighted by atomic mass is 9.97. The van der Waals surface area contributed by atoms with Gasteiger partial charge in [0.25, 0.3) is 0 Å². The van der Waals surface area contributed by atoms with Gasteiger partial charge in [-0.25, -0.2) is 0 Å². The van der Waals surface area contributed by atoms with Gasteiger partial charge >= 0.3 is 0 Å². The van der Waals surface area contributed by atoms with E-state index in [0.29, 0.717) is 11.7 Å². The van der Waals surface area contributed by atoms with Crippen LogP contribution < -0.4 is 5.32 Å². The van der Waals surface area contributed by atoms with Gasteiger partial charge in [0.2, 0.25) is 11.1 Å². The smallest absolute Gasteiger partial charge is 0.233 e. The second-order valence-corrected chi connectivity index (χ2v) is 8.31. The van der Waals surface area contributed by atoms with Gasteiger partial charge in [0, 0.05) is 6.54 Å². The molecular weight excluding hydrogens is 358 g/mol. The Hall–Kier alpha value is -2.15. The second kappa shape index (κ2) is 9.17. The van der Waals surface area contributed by atoms with Gasteiger partial charge < -0.3 is 5.32 Å². The van der Waals surface area contributed by atoms with Gasteiger partial charge in [-0.05, 0) is 80.5 Å². The summed E-state index contributed by atoms with van der Waals surface area (Å²) in [4.78, 5) is 12.5. The summed E-state index contributed by atoms with van der Waals surface area (Å²) in [6.45, 7) is 6.70. The normalized spacial score (nSPS) is 15.3. The van der Waals surface area contributed by atoms with E-state index in [0.717, 1.165) is 17.7 Å². The molecule has 1 aromatic heterocycles. The number of aryl methyl sites for hydroxylation is 1. The van der Waals surface area contributed by atoms with Crippen LogP contribution in [0.25, 0.3) is 5.69 Å². The quantitative estimate of drug-likeness (QED) is 0.580. The molecule has 0 spiro atoms. The molecule has 0 fully saturated rings. The fraction of sp³-hybridized carbons (Fsp3) is 0.500. The van der Waals surface area contributed by atoms with Crippen molar-refractivity contribution in [2.24, 2.45) is 0 Å². The molecule has 0 radical (unpaired) electrons. The average molecular weight is 386 g/mol. The molecule has 3 rings (SSSR count). The van der Waals surface area contributed by atoms with Gasteiger partial charge in [-0.3, -0.25) is 4.79 Å². The summed E-state index contributed by atoms with van der Waals surface area (Å²) in [5, 5.41) is 15.4. The number of tetrazole rings is 1. The number of amides is 1. The summed E-state index contributed by atoms with van der Waals surface area (Å²) >= 11 is 1.38. The van der Waals surface area contributed by atoms with E-state index in [1.165, 1.54) is 48.6 Å². The molecule has 2 aromatic rings. The van der Waals surface area contributed by atoms with E-state index in [2.05, 4.69) is 46.8 Å². The molecular formula is C20H27N5OS. The number of carbonyl (C=O) groups excluding carboxylic acids is 1. The second-order valence-electron chi connectivity index (χ2n) is 7.00. The molecule has 1 atom stereocenters. The van der Waals surface area contributed by atoms with Gasteiger partial charge in [-0.15, -0.1) is 5.10 Å². The first kappa shape index (κ1) is 19.6. The van der Waals surface area contributed by atoms with Crippen LogP contribution in [-0.4, -0.2) is 37.9 Å². The number of hydrogen-bond acceptors (Lipinski definition) is 5. The molecule has 1 heterocycles. The molecule has 1 aromatic carbocycles. The van der Waals surface area contributed by atoms with Crippen molar-refractivity contribution >= 4 is 17.7 Å². The molecule has 0 unspecified atom stereocenters. The van der Waals surface area contributed by atoms with E-state index < -0.39 is 0 Å². The van der Waals surface area contributed by atoms with Crippen molar-refractivity contribution < 1.29 is 4.79 Å². The Balaban J connectivity index is 1.59. The number of hydrogen-bond donors (Lipinski definition) is 1. The van der Waals surface area contributed by atoms with Crippen molar-refractivity contribution in [3.05, 3.63) is 41.0 Å². The molecule has 1 amide bonds. The van der Waals surface area contributed by atoms with Crippen LogP contribution in [-0.2, 0) is 4.79 Å². The van der Waals surface area contributed by atoms with Crippen LogP contribution in [0.15, 0.2) is 35.0 Å². The average Bonchev–Trinajstić information content (AvgIpc) is 3.12. The molecule has 7 heteroatoms. The number of aromatic nitrogens is 4.